The zero-order valence-corrected chi connectivity index (χ0v) is 12.4. The van der Waals surface area contributed by atoms with Crippen LogP contribution in [0.1, 0.15) is 30.1 Å². The number of carbonyl (C=O) groups excluding carboxylic acids is 2. The summed E-state index contributed by atoms with van der Waals surface area (Å²) in [4.78, 5) is 23.5. The standard InChI is InChI=1S/C15H20FNO4/c1-4-17-12(6-8-14(18)21-3)15(19)10-5-7-13(20-2)11(16)9-10/h5,7,9,12,17H,4,6,8H2,1-3H3. The molecule has 0 bridgehead atoms. The first-order valence-electron chi connectivity index (χ1n) is 6.71. The number of nitrogens with one attached hydrogen (secondary N) is 1. The van der Waals surface area contributed by atoms with Gasteiger partial charge in [-0.3, -0.25) is 9.59 Å². The molecular weight excluding hydrogens is 277 g/mol. The van der Waals surface area contributed by atoms with Gasteiger partial charge < -0.3 is 14.8 Å². The highest BCUT2D eigenvalue weighted by Crippen LogP contribution is 2.19. The second-order valence-electron chi connectivity index (χ2n) is 4.44. The molecule has 1 aromatic rings. The van der Waals surface area contributed by atoms with Crippen molar-refractivity contribution in [3.05, 3.63) is 29.6 Å². The van der Waals surface area contributed by atoms with Crippen molar-refractivity contribution in [3.63, 3.8) is 0 Å². The van der Waals surface area contributed by atoms with Crippen molar-refractivity contribution in [2.24, 2.45) is 0 Å². The summed E-state index contributed by atoms with van der Waals surface area (Å²) < 4.78 is 23.0. The number of carbonyl (C=O) groups is 2. The van der Waals surface area contributed by atoms with E-state index >= 15 is 0 Å². The van der Waals surface area contributed by atoms with Crippen molar-refractivity contribution < 1.29 is 23.5 Å². The van der Waals surface area contributed by atoms with E-state index in [1.807, 2.05) is 6.92 Å². The number of ketones is 1. The van der Waals surface area contributed by atoms with Crippen LogP contribution in [0, 0.1) is 5.82 Å². The fourth-order valence-electron chi connectivity index (χ4n) is 1.96. The van der Waals surface area contributed by atoms with E-state index in [1.165, 1.54) is 26.4 Å². The van der Waals surface area contributed by atoms with Crippen LogP contribution in [-0.4, -0.2) is 38.6 Å². The lowest BCUT2D eigenvalue weighted by Crippen LogP contribution is -2.37. The Bertz CT molecular complexity index is 504. The molecule has 0 aliphatic rings. The van der Waals surface area contributed by atoms with Crippen molar-refractivity contribution in [3.8, 4) is 5.75 Å². The number of benzene rings is 1. The molecule has 0 aliphatic heterocycles. The number of halogens is 1. The quantitative estimate of drug-likeness (QED) is 0.587. The van der Waals surface area contributed by atoms with Gasteiger partial charge in [-0.05, 0) is 31.2 Å². The van der Waals surface area contributed by atoms with Crippen molar-refractivity contribution in [1.82, 2.24) is 5.32 Å². The van der Waals surface area contributed by atoms with Crippen LogP contribution in [0.2, 0.25) is 0 Å². The average molecular weight is 297 g/mol. The molecular formula is C15H20FNO4. The van der Waals surface area contributed by atoms with Gasteiger partial charge in [0.15, 0.2) is 17.3 Å². The molecule has 1 unspecified atom stereocenters. The number of ether oxygens (including phenoxy) is 2. The summed E-state index contributed by atoms with van der Waals surface area (Å²) in [6.45, 7) is 2.42. The van der Waals surface area contributed by atoms with Gasteiger partial charge in [0.05, 0.1) is 20.3 Å². The average Bonchev–Trinajstić information content (AvgIpc) is 2.50. The predicted octanol–water partition coefficient (Wildman–Crippen LogP) is 1.95. The Hall–Kier alpha value is -1.95. The van der Waals surface area contributed by atoms with E-state index in [-0.39, 0.29) is 29.5 Å². The fraction of sp³-hybridized carbons (Fsp3) is 0.467. The third-order valence-electron chi connectivity index (χ3n) is 3.07. The molecule has 0 aliphatic carbocycles. The Morgan fingerprint density at radius 1 is 1.33 bits per heavy atom. The summed E-state index contributed by atoms with van der Waals surface area (Å²) in [5, 5.41) is 3.00. The molecule has 0 amide bonds. The largest absolute Gasteiger partial charge is 0.494 e. The number of esters is 1. The summed E-state index contributed by atoms with van der Waals surface area (Å²) in [7, 11) is 2.66. The maximum Gasteiger partial charge on any atom is 0.305 e. The highest BCUT2D eigenvalue weighted by atomic mass is 19.1. The van der Waals surface area contributed by atoms with E-state index < -0.39 is 11.9 Å². The molecule has 0 radical (unpaired) electrons. The lowest BCUT2D eigenvalue weighted by Gasteiger charge is -2.16. The molecule has 0 spiro atoms. The van der Waals surface area contributed by atoms with Crippen LogP contribution in [0.25, 0.3) is 0 Å². The van der Waals surface area contributed by atoms with E-state index in [1.54, 1.807) is 0 Å². The van der Waals surface area contributed by atoms with Crippen molar-refractivity contribution >= 4 is 11.8 Å². The second kappa shape index (κ2) is 8.36. The van der Waals surface area contributed by atoms with Gasteiger partial charge in [-0.1, -0.05) is 6.92 Å². The van der Waals surface area contributed by atoms with Crippen LogP contribution in [0.3, 0.4) is 0 Å². The maximum atomic E-state index is 13.7. The molecule has 0 saturated carbocycles. The number of rotatable bonds is 8. The molecule has 21 heavy (non-hydrogen) atoms. The van der Waals surface area contributed by atoms with Gasteiger partial charge in [-0.2, -0.15) is 0 Å². The lowest BCUT2D eigenvalue weighted by atomic mass is 10.00. The van der Waals surface area contributed by atoms with Gasteiger partial charge in [0, 0.05) is 12.0 Å². The van der Waals surface area contributed by atoms with Gasteiger partial charge in [-0.25, -0.2) is 4.39 Å². The number of Topliss-reactive ketones (excluding diaryl/α,β-unsaturated/α-hetero) is 1. The monoisotopic (exact) mass is 297 g/mol. The second-order valence-corrected chi connectivity index (χ2v) is 4.44. The molecule has 0 saturated heterocycles. The molecule has 5 nitrogen and oxygen atoms in total. The number of hydrogen-bond acceptors (Lipinski definition) is 5. The number of hydrogen-bond donors (Lipinski definition) is 1. The minimum atomic E-state index is -0.591. The van der Waals surface area contributed by atoms with Crippen LogP contribution < -0.4 is 10.1 Å². The summed E-state index contributed by atoms with van der Waals surface area (Å²) in [6, 6.07) is 3.50. The molecule has 116 valence electrons. The summed E-state index contributed by atoms with van der Waals surface area (Å²) in [5.74, 6) is -1.15. The minimum Gasteiger partial charge on any atom is -0.494 e. The predicted molar refractivity (Wildman–Crippen MR) is 76.0 cm³/mol. The zero-order chi connectivity index (χ0) is 15.8. The normalized spacial score (nSPS) is 11.8. The highest BCUT2D eigenvalue weighted by Gasteiger charge is 2.21. The molecule has 1 aromatic carbocycles. The summed E-state index contributed by atoms with van der Waals surface area (Å²) in [6.07, 6.45) is 0.422. The Morgan fingerprint density at radius 2 is 2.05 bits per heavy atom. The van der Waals surface area contributed by atoms with Crippen LogP contribution in [0.4, 0.5) is 4.39 Å². The lowest BCUT2D eigenvalue weighted by molar-refractivity contribution is -0.140. The first kappa shape index (κ1) is 17.1. The van der Waals surface area contributed by atoms with Gasteiger partial charge in [0.2, 0.25) is 0 Å². The number of likely N-dealkylation sites (N-methyl/N-ethyl adjacent to an activating group) is 1. The van der Waals surface area contributed by atoms with Crippen LogP contribution in [0.15, 0.2) is 18.2 Å². The zero-order valence-electron chi connectivity index (χ0n) is 12.4. The van der Waals surface area contributed by atoms with Crippen LogP contribution in [0.5, 0.6) is 5.75 Å². The van der Waals surface area contributed by atoms with Gasteiger partial charge in [-0.15, -0.1) is 0 Å². The highest BCUT2D eigenvalue weighted by molar-refractivity contribution is 6.00. The van der Waals surface area contributed by atoms with Crippen molar-refractivity contribution in [2.45, 2.75) is 25.8 Å². The molecule has 1 N–H and O–H groups in total. The summed E-state index contributed by atoms with van der Waals surface area (Å²) in [5.41, 5.74) is 0.240. The summed E-state index contributed by atoms with van der Waals surface area (Å²) >= 11 is 0. The van der Waals surface area contributed by atoms with E-state index in [0.717, 1.165) is 6.07 Å². The Kier molecular flexibility index (Phi) is 6.81. The molecule has 1 rings (SSSR count). The third-order valence-corrected chi connectivity index (χ3v) is 3.07. The topological polar surface area (TPSA) is 64.6 Å². The Balaban J connectivity index is 2.84. The van der Waals surface area contributed by atoms with E-state index in [9.17, 15) is 14.0 Å². The molecule has 0 aromatic heterocycles. The SMILES string of the molecule is CCNC(CCC(=O)OC)C(=O)c1ccc(OC)c(F)c1. The van der Waals surface area contributed by atoms with Crippen molar-refractivity contribution in [1.29, 1.82) is 0 Å². The van der Waals surface area contributed by atoms with E-state index in [2.05, 4.69) is 10.1 Å². The van der Waals surface area contributed by atoms with Crippen LogP contribution >= 0.6 is 0 Å². The molecule has 6 heteroatoms. The van der Waals surface area contributed by atoms with Crippen molar-refractivity contribution in [2.75, 3.05) is 20.8 Å². The smallest absolute Gasteiger partial charge is 0.305 e. The Labute approximate surface area is 123 Å². The number of methoxy groups -OCH3 is 2. The third kappa shape index (κ3) is 4.82. The van der Waals surface area contributed by atoms with Gasteiger partial charge in [0.25, 0.3) is 0 Å². The van der Waals surface area contributed by atoms with E-state index in [4.69, 9.17) is 4.74 Å². The van der Waals surface area contributed by atoms with Gasteiger partial charge >= 0.3 is 5.97 Å². The first-order chi connectivity index (χ1) is 10.0. The minimum absolute atomic E-state index is 0.0844. The maximum absolute atomic E-state index is 13.7. The molecule has 0 fully saturated rings. The Morgan fingerprint density at radius 3 is 2.57 bits per heavy atom. The molecule has 1 atom stereocenters. The fourth-order valence-corrected chi connectivity index (χ4v) is 1.96. The first-order valence-corrected chi connectivity index (χ1v) is 6.71. The van der Waals surface area contributed by atoms with E-state index in [0.29, 0.717) is 13.0 Å². The molecule has 0 heterocycles. The van der Waals surface area contributed by atoms with Gasteiger partial charge in [0.1, 0.15) is 0 Å². The van der Waals surface area contributed by atoms with Crippen LogP contribution in [-0.2, 0) is 9.53 Å².